The van der Waals surface area contributed by atoms with Gasteiger partial charge in [0.05, 0.1) is 5.56 Å². The van der Waals surface area contributed by atoms with Gasteiger partial charge in [-0.05, 0) is 24.6 Å². The normalized spacial score (nSPS) is 9.62. The third-order valence-electron chi connectivity index (χ3n) is 1.62. The van der Waals surface area contributed by atoms with Crippen molar-refractivity contribution in [2.75, 3.05) is 0 Å². The molecule has 0 bridgehead atoms. The van der Waals surface area contributed by atoms with Gasteiger partial charge in [-0.1, -0.05) is 31.8 Å². The van der Waals surface area contributed by atoms with Crippen LogP contribution in [0.4, 0.5) is 4.39 Å². The summed E-state index contributed by atoms with van der Waals surface area (Å²) >= 11 is 0. The van der Waals surface area contributed by atoms with E-state index in [0.29, 0.717) is 5.56 Å². The number of rotatable bonds is 0. The lowest BCUT2D eigenvalue weighted by molar-refractivity contribution is 0.624. The Morgan fingerprint density at radius 3 is 2.62 bits per heavy atom. The van der Waals surface area contributed by atoms with Crippen molar-refractivity contribution < 1.29 is 4.39 Å². The zero-order valence-corrected chi connectivity index (χ0v) is 8.19. The van der Waals surface area contributed by atoms with Crippen molar-refractivity contribution in [3.05, 3.63) is 35.1 Å². The lowest BCUT2D eigenvalue weighted by atomic mass is 10.1. The highest BCUT2D eigenvalue weighted by Crippen LogP contribution is 2.08. The van der Waals surface area contributed by atoms with Gasteiger partial charge in [-0.25, -0.2) is 4.39 Å². The van der Waals surface area contributed by atoms with E-state index in [9.17, 15) is 4.39 Å². The van der Waals surface area contributed by atoms with Crippen LogP contribution in [-0.2, 0) is 0 Å². The summed E-state index contributed by atoms with van der Waals surface area (Å²) in [6, 6.07) is 4.97. The van der Waals surface area contributed by atoms with Gasteiger partial charge in [-0.2, -0.15) is 0 Å². The molecule has 1 aromatic rings. The fourth-order valence-electron chi connectivity index (χ4n) is 0.957. The first kappa shape index (κ1) is 9.80. The fraction of sp³-hybridized carbons (Fsp3) is 0.333. The van der Waals surface area contributed by atoms with Crippen molar-refractivity contribution in [2.45, 2.75) is 20.8 Å². The highest BCUT2D eigenvalue weighted by molar-refractivity contribution is 5.38. The van der Waals surface area contributed by atoms with Crippen molar-refractivity contribution in [2.24, 2.45) is 5.92 Å². The van der Waals surface area contributed by atoms with Gasteiger partial charge in [-0.3, -0.25) is 0 Å². The third kappa shape index (κ3) is 2.91. The van der Waals surface area contributed by atoms with E-state index in [2.05, 4.69) is 11.8 Å². The minimum absolute atomic E-state index is 0.237. The second kappa shape index (κ2) is 4.09. The van der Waals surface area contributed by atoms with Crippen LogP contribution in [-0.4, -0.2) is 0 Å². The molecule has 1 aromatic carbocycles. The molecule has 0 nitrogen and oxygen atoms in total. The third-order valence-corrected chi connectivity index (χ3v) is 1.62. The molecule has 0 N–H and O–H groups in total. The molecule has 0 radical (unpaired) electrons. The smallest absolute Gasteiger partial charge is 0.138 e. The summed E-state index contributed by atoms with van der Waals surface area (Å²) < 4.78 is 13.1. The second-order valence-corrected chi connectivity index (χ2v) is 3.41. The average Bonchev–Trinajstić information content (AvgIpc) is 2.06. The molecular weight excluding hydrogens is 163 g/mol. The molecule has 0 unspecified atom stereocenters. The van der Waals surface area contributed by atoms with Gasteiger partial charge in [0, 0.05) is 5.92 Å². The Kier molecular flexibility index (Phi) is 3.08. The van der Waals surface area contributed by atoms with E-state index in [4.69, 9.17) is 0 Å². The van der Waals surface area contributed by atoms with Crippen LogP contribution >= 0.6 is 0 Å². The molecule has 1 heteroatoms. The molecule has 68 valence electrons. The summed E-state index contributed by atoms with van der Waals surface area (Å²) in [5, 5.41) is 0. The van der Waals surface area contributed by atoms with Crippen molar-refractivity contribution in [1.29, 1.82) is 0 Å². The van der Waals surface area contributed by atoms with Gasteiger partial charge in [0.2, 0.25) is 0 Å². The molecule has 0 spiro atoms. The predicted molar refractivity (Wildman–Crippen MR) is 52.9 cm³/mol. The molecule has 0 saturated heterocycles. The van der Waals surface area contributed by atoms with E-state index in [1.54, 1.807) is 12.1 Å². The Balaban J connectivity index is 3.02. The molecule has 0 aromatic heterocycles. The molecule has 13 heavy (non-hydrogen) atoms. The topological polar surface area (TPSA) is 0 Å². The van der Waals surface area contributed by atoms with Crippen molar-refractivity contribution in [3.63, 3.8) is 0 Å². The summed E-state index contributed by atoms with van der Waals surface area (Å²) in [5.41, 5.74) is 1.53. The van der Waals surface area contributed by atoms with Crippen LogP contribution in [0.15, 0.2) is 18.2 Å². The van der Waals surface area contributed by atoms with Gasteiger partial charge < -0.3 is 0 Å². The molecular formula is C12H13F. The van der Waals surface area contributed by atoms with Crippen molar-refractivity contribution in [1.82, 2.24) is 0 Å². The van der Waals surface area contributed by atoms with Crippen LogP contribution in [0.25, 0.3) is 0 Å². The summed E-state index contributed by atoms with van der Waals surface area (Å²) in [6.45, 7) is 5.90. The van der Waals surface area contributed by atoms with E-state index in [-0.39, 0.29) is 11.7 Å². The Hall–Kier alpha value is -1.29. The highest BCUT2D eigenvalue weighted by atomic mass is 19.1. The highest BCUT2D eigenvalue weighted by Gasteiger charge is 1.97. The molecule has 0 aliphatic carbocycles. The molecule has 0 fully saturated rings. The Labute approximate surface area is 78.8 Å². The number of hydrogen-bond acceptors (Lipinski definition) is 0. The quantitative estimate of drug-likeness (QED) is 0.533. The molecule has 0 heterocycles. The molecule has 0 atom stereocenters. The van der Waals surface area contributed by atoms with E-state index in [1.807, 2.05) is 20.8 Å². The first-order chi connectivity index (χ1) is 6.09. The molecule has 0 amide bonds. The lowest BCUT2D eigenvalue weighted by Crippen LogP contribution is -1.86. The Bertz CT molecular complexity index is 353. The van der Waals surface area contributed by atoms with E-state index < -0.39 is 0 Å². The van der Waals surface area contributed by atoms with Crippen molar-refractivity contribution >= 4 is 0 Å². The van der Waals surface area contributed by atoms with Crippen LogP contribution in [0.3, 0.4) is 0 Å². The number of hydrogen-bond donors (Lipinski definition) is 0. The van der Waals surface area contributed by atoms with Crippen LogP contribution in [0, 0.1) is 30.5 Å². The largest absolute Gasteiger partial charge is 0.206 e. The standard InChI is InChI=1S/C12H13F/c1-9(2)4-6-11-8-10(3)5-7-12(11)13/h5,7-9H,1-3H3. The average molecular weight is 176 g/mol. The number of aryl methyl sites for hydroxylation is 1. The zero-order chi connectivity index (χ0) is 9.84. The minimum atomic E-state index is -0.237. The fourth-order valence-corrected chi connectivity index (χ4v) is 0.957. The van der Waals surface area contributed by atoms with Gasteiger partial charge in [-0.15, -0.1) is 0 Å². The van der Waals surface area contributed by atoms with Crippen LogP contribution < -0.4 is 0 Å². The van der Waals surface area contributed by atoms with Crippen LogP contribution in [0.5, 0.6) is 0 Å². The van der Waals surface area contributed by atoms with Gasteiger partial charge in [0.15, 0.2) is 0 Å². The summed E-state index contributed by atoms with van der Waals surface area (Å²) in [6.07, 6.45) is 0. The van der Waals surface area contributed by atoms with E-state index in [1.165, 1.54) is 6.07 Å². The Morgan fingerprint density at radius 1 is 1.31 bits per heavy atom. The summed E-state index contributed by atoms with van der Waals surface area (Å²) in [5.74, 6) is 5.81. The maximum atomic E-state index is 13.1. The monoisotopic (exact) mass is 176 g/mol. The summed E-state index contributed by atoms with van der Waals surface area (Å²) in [7, 11) is 0. The van der Waals surface area contributed by atoms with Crippen LogP contribution in [0.2, 0.25) is 0 Å². The predicted octanol–water partition coefficient (Wildman–Crippen LogP) is 3.14. The molecule has 1 rings (SSSR count). The van der Waals surface area contributed by atoms with Crippen molar-refractivity contribution in [3.8, 4) is 11.8 Å². The lowest BCUT2D eigenvalue weighted by Gasteiger charge is -1.96. The minimum Gasteiger partial charge on any atom is -0.206 e. The molecule has 0 aliphatic rings. The van der Waals surface area contributed by atoms with E-state index >= 15 is 0 Å². The summed E-state index contributed by atoms with van der Waals surface area (Å²) in [4.78, 5) is 0. The molecule has 0 saturated carbocycles. The number of benzene rings is 1. The van der Waals surface area contributed by atoms with E-state index in [0.717, 1.165) is 5.56 Å². The zero-order valence-electron chi connectivity index (χ0n) is 8.19. The maximum absolute atomic E-state index is 13.1. The van der Waals surface area contributed by atoms with Gasteiger partial charge in [0.25, 0.3) is 0 Å². The van der Waals surface area contributed by atoms with Gasteiger partial charge in [0.1, 0.15) is 5.82 Å². The number of halogens is 1. The maximum Gasteiger partial charge on any atom is 0.138 e. The first-order valence-electron chi connectivity index (χ1n) is 4.37. The Morgan fingerprint density at radius 2 is 2.00 bits per heavy atom. The SMILES string of the molecule is Cc1ccc(F)c(C#CC(C)C)c1. The van der Waals surface area contributed by atoms with Gasteiger partial charge >= 0.3 is 0 Å². The first-order valence-corrected chi connectivity index (χ1v) is 4.37. The second-order valence-electron chi connectivity index (χ2n) is 3.41. The van der Waals surface area contributed by atoms with Crippen LogP contribution in [0.1, 0.15) is 25.0 Å². The molecule has 0 aliphatic heterocycles.